The minimum absolute atomic E-state index is 0.0466. The lowest BCUT2D eigenvalue weighted by molar-refractivity contribution is -0.140. The van der Waals surface area contributed by atoms with Crippen LogP contribution < -0.4 is 14.2 Å². The van der Waals surface area contributed by atoms with Gasteiger partial charge in [-0.2, -0.15) is 0 Å². The van der Waals surface area contributed by atoms with Gasteiger partial charge in [-0.1, -0.05) is 12.1 Å². The first-order chi connectivity index (χ1) is 15.4. The van der Waals surface area contributed by atoms with Gasteiger partial charge in [-0.05, 0) is 40.2 Å². The molecule has 2 aromatic rings. The smallest absolute Gasteiger partial charge is 0.295 e. The average Bonchev–Trinajstić information content (AvgIpc) is 3.06. The molecule has 1 saturated heterocycles. The number of rotatable bonds is 8. The molecule has 1 aliphatic rings. The lowest BCUT2D eigenvalue weighted by Crippen LogP contribution is -2.32. The zero-order chi connectivity index (χ0) is 23.4. The molecule has 0 aromatic heterocycles. The summed E-state index contributed by atoms with van der Waals surface area (Å²) in [5.41, 5.74) is 0.820. The third-order valence-corrected chi connectivity index (χ3v) is 5.85. The van der Waals surface area contributed by atoms with Crippen LogP contribution in [0.3, 0.4) is 0 Å². The number of aliphatic hydroxyl groups excluding tert-OH is 1. The van der Waals surface area contributed by atoms with Crippen LogP contribution in [0.4, 0.5) is 0 Å². The Bertz CT molecular complexity index is 1070. The molecule has 8 nitrogen and oxygen atoms in total. The number of Topliss-reactive ketones (excluding diaryl/α,β-unsaturated/α-hetero) is 1. The van der Waals surface area contributed by atoms with E-state index in [0.717, 1.165) is 0 Å². The zero-order valence-corrected chi connectivity index (χ0v) is 19.8. The number of carbonyl (C=O) groups excluding carboxylic acids is 2. The van der Waals surface area contributed by atoms with Gasteiger partial charge in [0.2, 0.25) is 0 Å². The average molecular weight is 506 g/mol. The van der Waals surface area contributed by atoms with E-state index < -0.39 is 17.7 Å². The van der Waals surface area contributed by atoms with Crippen LogP contribution in [-0.2, 0) is 14.3 Å². The third-order valence-electron chi connectivity index (χ3n) is 5.23. The van der Waals surface area contributed by atoms with Crippen molar-refractivity contribution in [3.8, 4) is 17.2 Å². The summed E-state index contributed by atoms with van der Waals surface area (Å²) >= 11 is 3.38. The van der Waals surface area contributed by atoms with E-state index in [9.17, 15) is 14.7 Å². The molecule has 1 N–H and O–H groups in total. The van der Waals surface area contributed by atoms with Gasteiger partial charge in [0.25, 0.3) is 11.7 Å². The Labute approximate surface area is 194 Å². The predicted molar refractivity (Wildman–Crippen MR) is 121 cm³/mol. The van der Waals surface area contributed by atoms with Crippen LogP contribution in [0, 0.1) is 0 Å². The highest BCUT2D eigenvalue weighted by atomic mass is 79.9. The number of hydrogen-bond acceptors (Lipinski definition) is 7. The number of carbonyl (C=O) groups is 2. The van der Waals surface area contributed by atoms with Crippen molar-refractivity contribution >= 4 is 33.4 Å². The Hall–Kier alpha value is -3.04. The molecule has 0 aliphatic carbocycles. The number of ketones is 1. The van der Waals surface area contributed by atoms with E-state index in [1.165, 1.54) is 33.3 Å². The largest absolute Gasteiger partial charge is 0.507 e. The number of amides is 1. The monoisotopic (exact) mass is 505 g/mol. The van der Waals surface area contributed by atoms with Crippen molar-refractivity contribution in [3.05, 3.63) is 57.6 Å². The highest BCUT2D eigenvalue weighted by molar-refractivity contribution is 9.10. The molecule has 1 amide bonds. The number of nitrogens with zero attached hydrogens (tertiary/aromatic N) is 1. The Morgan fingerprint density at radius 1 is 1.03 bits per heavy atom. The van der Waals surface area contributed by atoms with E-state index in [4.69, 9.17) is 18.9 Å². The molecule has 1 unspecified atom stereocenters. The maximum absolute atomic E-state index is 13.1. The number of aliphatic hydroxyl groups is 1. The minimum atomic E-state index is -0.893. The van der Waals surface area contributed by atoms with E-state index >= 15 is 0 Å². The van der Waals surface area contributed by atoms with Gasteiger partial charge in [-0.15, -0.1) is 0 Å². The quantitative estimate of drug-likeness (QED) is 0.333. The van der Waals surface area contributed by atoms with Gasteiger partial charge in [0, 0.05) is 24.8 Å². The van der Waals surface area contributed by atoms with E-state index in [2.05, 4.69) is 15.9 Å². The fourth-order valence-corrected chi connectivity index (χ4v) is 4.26. The lowest BCUT2D eigenvalue weighted by Gasteiger charge is -2.27. The molecule has 0 bridgehead atoms. The molecule has 1 aliphatic heterocycles. The maximum atomic E-state index is 13.1. The highest BCUT2D eigenvalue weighted by Crippen LogP contribution is 2.45. The van der Waals surface area contributed by atoms with Gasteiger partial charge >= 0.3 is 0 Å². The summed E-state index contributed by atoms with van der Waals surface area (Å²) in [5.74, 6) is -0.457. The molecule has 2 aromatic carbocycles. The molecular formula is C23H24BrNO7. The molecule has 0 saturated carbocycles. The standard InChI is InChI=1S/C23H24BrNO7/c1-29-11-10-25-19(14-6-5-7-17(31-3)22(14)32-4)18(21(27)23(25)28)20(26)13-8-9-16(30-2)15(24)12-13/h5-9,12,19,26H,10-11H2,1-4H3/b20-18+. The summed E-state index contributed by atoms with van der Waals surface area (Å²) < 4.78 is 21.9. The van der Waals surface area contributed by atoms with E-state index in [0.29, 0.717) is 32.8 Å². The predicted octanol–water partition coefficient (Wildman–Crippen LogP) is 3.54. The summed E-state index contributed by atoms with van der Waals surface area (Å²) in [6, 6.07) is 9.17. The number of ether oxygens (including phenoxy) is 4. The molecule has 1 heterocycles. The fourth-order valence-electron chi connectivity index (χ4n) is 3.72. The van der Waals surface area contributed by atoms with Crippen molar-refractivity contribution in [2.45, 2.75) is 6.04 Å². The number of hydrogen-bond donors (Lipinski definition) is 1. The highest BCUT2D eigenvalue weighted by Gasteiger charge is 2.47. The molecule has 0 spiro atoms. The van der Waals surface area contributed by atoms with Gasteiger partial charge in [-0.3, -0.25) is 9.59 Å². The first-order valence-corrected chi connectivity index (χ1v) is 10.5. The first-order valence-electron chi connectivity index (χ1n) is 9.71. The maximum Gasteiger partial charge on any atom is 0.295 e. The minimum Gasteiger partial charge on any atom is -0.507 e. The number of halogens is 1. The molecule has 0 radical (unpaired) electrons. The molecule has 32 heavy (non-hydrogen) atoms. The van der Waals surface area contributed by atoms with Crippen LogP contribution >= 0.6 is 15.9 Å². The lowest BCUT2D eigenvalue weighted by atomic mass is 9.94. The fraction of sp³-hybridized carbons (Fsp3) is 0.304. The first kappa shape index (κ1) is 23.6. The molecule has 1 fully saturated rings. The van der Waals surface area contributed by atoms with Crippen LogP contribution in [0.2, 0.25) is 0 Å². The Morgan fingerprint density at radius 3 is 2.34 bits per heavy atom. The number of para-hydroxylation sites is 1. The third kappa shape index (κ3) is 4.18. The van der Waals surface area contributed by atoms with Crippen molar-refractivity contribution in [3.63, 3.8) is 0 Å². The normalized spacial score (nSPS) is 17.5. The van der Waals surface area contributed by atoms with Gasteiger partial charge in [0.1, 0.15) is 11.5 Å². The van der Waals surface area contributed by atoms with Crippen molar-refractivity contribution in [1.82, 2.24) is 4.90 Å². The second-order valence-corrected chi connectivity index (χ2v) is 7.77. The number of likely N-dealkylation sites (tertiary alicyclic amines) is 1. The molecular weight excluding hydrogens is 482 g/mol. The Morgan fingerprint density at radius 2 is 1.75 bits per heavy atom. The molecule has 3 rings (SSSR count). The van der Waals surface area contributed by atoms with E-state index in [-0.39, 0.29) is 24.5 Å². The Kier molecular flexibility index (Phi) is 7.42. The van der Waals surface area contributed by atoms with Gasteiger partial charge in [0.15, 0.2) is 11.5 Å². The zero-order valence-electron chi connectivity index (χ0n) is 18.2. The summed E-state index contributed by atoms with van der Waals surface area (Å²) in [4.78, 5) is 27.4. The van der Waals surface area contributed by atoms with Crippen LogP contribution in [0.1, 0.15) is 17.2 Å². The second kappa shape index (κ2) is 10.1. The SMILES string of the molecule is COCCN1C(=O)C(=O)/C(=C(/O)c2ccc(OC)c(Br)c2)C1c1cccc(OC)c1OC. The molecule has 1 atom stereocenters. The van der Waals surface area contributed by atoms with Crippen LogP contribution in [-0.4, -0.2) is 63.3 Å². The van der Waals surface area contributed by atoms with Crippen LogP contribution in [0.15, 0.2) is 46.4 Å². The van der Waals surface area contributed by atoms with Crippen molar-refractivity contribution in [2.75, 3.05) is 41.6 Å². The Balaban J connectivity index is 2.25. The molecule has 170 valence electrons. The van der Waals surface area contributed by atoms with Gasteiger partial charge < -0.3 is 29.0 Å². The van der Waals surface area contributed by atoms with E-state index in [1.54, 1.807) is 36.4 Å². The van der Waals surface area contributed by atoms with Gasteiger partial charge in [-0.25, -0.2) is 0 Å². The summed E-state index contributed by atoms with van der Waals surface area (Å²) in [6.45, 7) is 0.360. The summed E-state index contributed by atoms with van der Waals surface area (Å²) in [7, 11) is 6.00. The van der Waals surface area contributed by atoms with Crippen molar-refractivity contribution in [2.24, 2.45) is 0 Å². The topological polar surface area (TPSA) is 94.5 Å². The van der Waals surface area contributed by atoms with Crippen molar-refractivity contribution < 1.29 is 33.6 Å². The number of methoxy groups -OCH3 is 4. The molecule has 9 heteroatoms. The van der Waals surface area contributed by atoms with Crippen LogP contribution in [0.5, 0.6) is 17.2 Å². The van der Waals surface area contributed by atoms with Gasteiger partial charge in [0.05, 0.1) is 44.0 Å². The summed E-state index contributed by atoms with van der Waals surface area (Å²) in [6.07, 6.45) is 0. The second-order valence-electron chi connectivity index (χ2n) is 6.92. The number of benzene rings is 2. The summed E-state index contributed by atoms with van der Waals surface area (Å²) in [5, 5.41) is 11.2. The van der Waals surface area contributed by atoms with E-state index in [1.807, 2.05) is 0 Å². The van der Waals surface area contributed by atoms with Crippen LogP contribution in [0.25, 0.3) is 5.76 Å². The van der Waals surface area contributed by atoms with Crippen molar-refractivity contribution in [1.29, 1.82) is 0 Å².